The largest absolute Gasteiger partial charge is 0.469 e. The fourth-order valence-electron chi connectivity index (χ4n) is 1.57. The molecular formula is C9H16O4. The Labute approximate surface area is 77.8 Å². The number of esters is 1. The van der Waals surface area contributed by atoms with E-state index in [0.29, 0.717) is 0 Å². The van der Waals surface area contributed by atoms with E-state index in [9.17, 15) is 4.79 Å². The van der Waals surface area contributed by atoms with Crippen molar-refractivity contribution in [2.24, 2.45) is 5.92 Å². The van der Waals surface area contributed by atoms with Crippen LogP contribution in [-0.4, -0.2) is 37.0 Å². The molecule has 0 radical (unpaired) electrons. The van der Waals surface area contributed by atoms with Gasteiger partial charge in [-0.25, -0.2) is 0 Å². The van der Waals surface area contributed by atoms with Crippen LogP contribution in [0, 0.1) is 5.92 Å². The first-order valence-electron chi connectivity index (χ1n) is 4.53. The number of aliphatic hydroxyl groups excluding tert-OH is 1. The lowest BCUT2D eigenvalue weighted by molar-refractivity contribution is -0.150. The van der Waals surface area contributed by atoms with E-state index in [-0.39, 0.29) is 30.7 Å². The van der Waals surface area contributed by atoms with Gasteiger partial charge in [-0.2, -0.15) is 0 Å². The van der Waals surface area contributed by atoms with Crippen LogP contribution in [0.5, 0.6) is 0 Å². The van der Waals surface area contributed by atoms with Gasteiger partial charge in [0.15, 0.2) is 0 Å². The third-order valence-electron chi connectivity index (χ3n) is 2.47. The summed E-state index contributed by atoms with van der Waals surface area (Å²) in [5.41, 5.74) is 0. The Morgan fingerprint density at radius 2 is 2.38 bits per heavy atom. The molecule has 4 heteroatoms. The molecule has 1 N–H and O–H groups in total. The molecule has 0 bridgehead atoms. The maximum absolute atomic E-state index is 11.1. The van der Waals surface area contributed by atoms with Gasteiger partial charge in [-0.15, -0.1) is 0 Å². The first-order chi connectivity index (χ1) is 6.19. The van der Waals surface area contributed by atoms with Crippen molar-refractivity contribution in [2.75, 3.05) is 13.7 Å². The molecule has 0 aromatic carbocycles. The highest BCUT2D eigenvalue weighted by molar-refractivity contribution is 5.72. The maximum Gasteiger partial charge on any atom is 0.311 e. The molecule has 0 saturated carbocycles. The molecule has 0 spiro atoms. The van der Waals surface area contributed by atoms with Gasteiger partial charge < -0.3 is 14.6 Å². The highest BCUT2D eigenvalue weighted by Gasteiger charge is 2.32. The number of aliphatic hydroxyl groups is 1. The van der Waals surface area contributed by atoms with Gasteiger partial charge in [-0.1, -0.05) is 0 Å². The first-order valence-corrected chi connectivity index (χ1v) is 4.53. The van der Waals surface area contributed by atoms with Crippen LogP contribution in [0.3, 0.4) is 0 Å². The summed E-state index contributed by atoms with van der Waals surface area (Å²) in [5.74, 6) is -0.481. The number of methoxy groups -OCH3 is 1. The highest BCUT2D eigenvalue weighted by atomic mass is 16.5. The first kappa shape index (κ1) is 10.5. The van der Waals surface area contributed by atoms with Gasteiger partial charge in [0.1, 0.15) is 0 Å². The molecule has 1 saturated heterocycles. The smallest absolute Gasteiger partial charge is 0.311 e. The van der Waals surface area contributed by atoms with Gasteiger partial charge in [-0.05, 0) is 19.8 Å². The molecule has 76 valence electrons. The molecule has 1 rings (SSSR count). The van der Waals surface area contributed by atoms with E-state index in [2.05, 4.69) is 4.74 Å². The molecule has 0 aromatic heterocycles. The molecular weight excluding hydrogens is 172 g/mol. The van der Waals surface area contributed by atoms with Crippen molar-refractivity contribution in [3.63, 3.8) is 0 Å². The average molecular weight is 188 g/mol. The van der Waals surface area contributed by atoms with Crippen molar-refractivity contribution in [2.45, 2.75) is 32.0 Å². The summed E-state index contributed by atoms with van der Waals surface area (Å²) < 4.78 is 10.1. The molecule has 1 aliphatic rings. The molecule has 1 fully saturated rings. The van der Waals surface area contributed by atoms with E-state index < -0.39 is 0 Å². The van der Waals surface area contributed by atoms with E-state index in [0.717, 1.165) is 12.8 Å². The number of hydrogen-bond acceptors (Lipinski definition) is 4. The monoisotopic (exact) mass is 188 g/mol. The van der Waals surface area contributed by atoms with Crippen molar-refractivity contribution in [1.82, 2.24) is 0 Å². The molecule has 0 aliphatic carbocycles. The van der Waals surface area contributed by atoms with Crippen molar-refractivity contribution < 1.29 is 19.4 Å². The summed E-state index contributed by atoms with van der Waals surface area (Å²) in [6, 6.07) is 0. The van der Waals surface area contributed by atoms with Crippen LogP contribution >= 0.6 is 0 Å². The van der Waals surface area contributed by atoms with Crippen LogP contribution in [0.4, 0.5) is 0 Å². The zero-order valence-corrected chi connectivity index (χ0v) is 8.03. The number of carbonyl (C=O) groups is 1. The molecule has 13 heavy (non-hydrogen) atoms. The zero-order chi connectivity index (χ0) is 9.84. The van der Waals surface area contributed by atoms with E-state index >= 15 is 0 Å². The van der Waals surface area contributed by atoms with Gasteiger partial charge in [0.05, 0.1) is 31.8 Å². The second-order valence-corrected chi connectivity index (χ2v) is 3.37. The van der Waals surface area contributed by atoms with E-state index in [1.54, 1.807) is 6.92 Å². The Morgan fingerprint density at radius 3 is 2.85 bits per heavy atom. The fraction of sp³-hybridized carbons (Fsp3) is 0.889. The molecule has 1 aliphatic heterocycles. The van der Waals surface area contributed by atoms with Crippen molar-refractivity contribution in [3.8, 4) is 0 Å². The van der Waals surface area contributed by atoms with Crippen molar-refractivity contribution in [3.05, 3.63) is 0 Å². The summed E-state index contributed by atoms with van der Waals surface area (Å²) >= 11 is 0. The Bertz CT molecular complexity index is 180. The van der Waals surface area contributed by atoms with Crippen molar-refractivity contribution in [1.29, 1.82) is 0 Å². The minimum Gasteiger partial charge on any atom is -0.469 e. The summed E-state index contributed by atoms with van der Waals surface area (Å²) in [4.78, 5) is 11.1. The van der Waals surface area contributed by atoms with Crippen LogP contribution in [-0.2, 0) is 14.3 Å². The Balaban J connectivity index is 2.41. The predicted octanol–water partition coefficient (Wildman–Crippen LogP) is 0.335. The minimum atomic E-state index is -0.247. The number of hydrogen-bond donors (Lipinski definition) is 1. The third-order valence-corrected chi connectivity index (χ3v) is 2.47. The lowest BCUT2D eigenvalue weighted by Crippen LogP contribution is -2.27. The second-order valence-electron chi connectivity index (χ2n) is 3.37. The summed E-state index contributed by atoms with van der Waals surface area (Å²) in [6.45, 7) is 1.82. The quantitative estimate of drug-likeness (QED) is 0.649. The van der Waals surface area contributed by atoms with Crippen LogP contribution in [0.25, 0.3) is 0 Å². The zero-order valence-electron chi connectivity index (χ0n) is 8.03. The van der Waals surface area contributed by atoms with Crippen LogP contribution in [0.1, 0.15) is 19.8 Å². The van der Waals surface area contributed by atoms with Gasteiger partial charge in [0, 0.05) is 0 Å². The summed E-state index contributed by atoms with van der Waals surface area (Å²) in [6.07, 6.45) is 1.45. The second kappa shape index (κ2) is 4.58. The van der Waals surface area contributed by atoms with Gasteiger partial charge in [0.25, 0.3) is 0 Å². The summed E-state index contributed by atoms with van der Waals surface area (Å²) in [5, 5.41) is 8.82. The standard InChI is InChI=1S/C9H16O4/c1-6(9(11)12-2)8-4-3-7(5-10)13-8/h6-8,10H,3-5H2,1-2H3/t6?,7-,8?/m0/s1. The SMILES string of the molecule is COC(=O)C(C)C1CC[C@@H](CO)O1. The van der Waals surface area contributed by atoms with Gasteiger partial charge in [0.2, 0.25) is 0 Å². The number of rotatable bonds is 3. The normalized spacial score (nSPS) is 30.1. The van der Waals surface area contributed by atoms with Crippen molar-refractivity contribution >= 4 is 5.97 Å². The fourth-order valence-corrected chi connectivity index (χ4v) is 1.57. The number of carbonyl (C=O) groups excluding carboxylic acids is 1. The Kier molecular flexibility index (Phi) is 3.69. The van der Waals surface area contributed by atoms with E-state index in [1.807, 2.05) is 0 Å². The molecule has 0 aromatic rings. The Morgan fingerprint density at radius 1 is 1.69 bits per heavy atom. The topological polar surface area (TPSA) is 55.8 Å². The van der Waals surface area contributed by atoms with Gasteiger partial charge in [-0.3, -0.25) is 4.79 Å². The Hall–Kier alpha value is -0.610. The molecule has 1 heterocycles. The number of ether oxygens (including phenoxy) is 2. The molecule has 3 atom stereocenters. The average Bonchev–Trinajstić information content (AvgIpc) is 2.63. The van der Waals surface area contributed by atoms with Gasteiger partial charge >= 0.3 is 5.97 Å². The third kappa shape index (κ3) is 2.42. The van der Waals surface area contributed by atoms with Crippen LogP contribution in [0.15, 0.2) is 0 Å². The van der Waals surface area contributed by atoms with E-state index in [1.165, 1.54) is 7.11 Å². The minimum absolute atomic E-state index is 0.0321. The highest BCUT2D eigenvalue weighted by Crippen LogP contribution is 2.25. The molecule has 0 amide bonds. The van der Waals surface area contributed by atoms with E-state index in [4.69, 9.17) is 9.84 Å². The van der Waals surface area contributed by atoms with Crippen LogP contribution in [0.2, 0.25) is 0 Å². The lowest BCUT2D eigenvalue weighted by atomic mass is 10.0. The predicted molar refractivity (Wildman–Crippen MR) is 46.2 cm³/mol. The maximum atomic E-state index is 11.1. The summed E-state index contributed by atoms with van der Waals surface area (Å²) in [7, 11) is 1.37. The molecule has 2 unspecified atom stereocenters. The lowest BCUT2D eigenvalue weighted by Gasteiger charge is -2.17. The van der Waals surface area contributed by atoms with Crippen LogP contribution < -0.4 is 0 Å². The molecule has 4 nitrogen and oxygen atoms in total.